The number of methoxy groups -OCH3 is 1. The Morgan fingerprint density at radius 1 is 1.20 bits per heavy atom. The molecule has 1 heterocycles. The number of hydrogen-bond acceptors (Lipinski definition) is 4. The summed E-state index contributed by atoms with van der Waals surface area (Å²) in [6, 6.07) is 3.94. The molecule has 3 unspecified atom stereocenters. The fourth-order valence-corrected chi connectivity index (χ4v) is 5.24. The Labute approximate surface area is 130 Å². The number of ether oxygens (including phenoxy) is 1. The van der Waals surface area contributed by atoms with Gasteiger partial charge in [-0.1, -0.05) is 13.8 Å². The zero-order valence-corrected chi connectivity index (χ0v) is 14.4. The highest BCUT2D eigenvalue weighted by Crippen LogP contribution is 2.37. The average Bonchev–Trinajstić information content (AvgIpc) is 2.43. The van der Waals surface area contributed by atoms with Crippen LogP contribution < -0.4 is 4.74 Å². The molecule has 0 spiro atoms. The number of ketones is 1. The molecule has 0 N–H and O–H groups in total. The molecule has 1 aliphatic heterocycles. The van der Waals surface area contributed by atoms with Gasteiger partial charge in [-0.2, -0.15) is 11.8 Å². The van der Waals surface area contributed by atoms with Gasteiger partial charge in [0.05, 0.1) is 12.4 Å². The SMILES string of the molecule is COc1cc(C)c(C(=O)C2CSC(C)C(C)S2)cc1C. The molecule has 0 aliphatic carbocycles. The molecule has 0 saturated carbocycles. The van der Waals surface area contributed by atoms with Crippen LogP contribution in [0.3, 0.4) is 0 Å². The molecule has 1 fully saturated rings. The summed E-state index contributed by atoms with van der Waals surface area (Å²) in [5.74, 6) is 2.04. The van der Waals surface area contributed by atoms with E-state index in [-0.39, 0.29) is 11.0 Å². The molecule has 3 atom stereocenters. The van der Waals surface area contributed by atoms with Crippen LogP contribution in [-0.2, 0) is 0 Å². The molecule has 110 valence electrons. The quantitative estimate of drug-likeness (QED) is 0.785. The number of carbonyl (C=O) groups excluding carboxylic acids is 1. The van der Waals surface area contributed by atoms with Crippen LogP contribution in [0, 0.1) is 13.8 Å². The number of rotatable bonds is 3. The van der Waals surface area contributed by atoms with Gasteiger partial charge >= 0.3 is 0 Å². The molecule has 1 aromatic rings. The van der Waals surface area contributed by atoms with Crippen molar-refractivity contribution in [2.45, 2.75) is 43.4 Å². The van der Waals surface area contributed by atoms with E-state index < -0.39 is 0 Å². The predicted molar refractivity (Wildman–Crippen MR) is 89.6 cm³/mol. The Bertz CT molecular complexity index is 513. The first-order valence-electron chi connectivity index (χ1n) is 6.90. The van der Waals surface area contributed by atoms with E-state index >= 15 is 0 Å². The zero-order valence-electron chi connectivity index (χ0n) is 12.7. The van der Waals surface area contributed by atoms with Gasteiger partial charge in [-0.3, -0.25) is 4.79 Å². The normalized spacial score (nSPS) is 26.4. The third-order valence-corrected chi connectivity index (χ3v) is 7.24. The molecule has 1 aromatic carbocycles. The van der Waals surface area contributed by atoms with Crippen LogP contribution in [0.15, 0.2) is 12.1 Å². The first-order valence-corrected chi connectivity index (χ1v) is 8.89. The van der Waals surface area contributed by atoms with Crippen molar-refractivity contribution in [3.63, 3.8) is 0 Å². The van der Waals surface area contributed by atoms with Crippen molar-refractivity contribution >= 4 is 29.3 Å². The number of benzene rings is 1. The molecule has 0 bridgehead atoms. The summed E-state index contributed by atoms with van der Waals surface area (Å²) in [6.07, 6.45) is 0. The van der Waals surface area contributed by atoms with Crippen molar-refractivity contribution in [2.24, 2.45) is 0 Å². The maximum absolute atomic E-state index is 12.7. The highest BCUT2D eigenvalue weighted by atomic mass is 32.2. The lowest BCUT2D eigenvalue weighted by atomic mass is 9.99. The number of hydrogen-bond donors (Lipinski definition) is 0. The largest absolute Gasteiger partial charge is 0.496 e. The predicted octanol–water partition coefficient (Wildman–Crippen LogP) is 4.12. The van der Waals surface area contributed by atoms with Crippen LogP contribution >= 0.6 is 23.5 Å². The highest BCUT2D eigenvalue weighted by molar-refractivity contribution is 8.08. The van der Waals surface area contributed by atoms with Crippen molar-refractivity contribution in [1.29, 1.82) is 0 Å². The molecule has 2 nitrogen and oxygen atoms in total. The Hall–Kier alpha value is -0.610. The minimum absolute atomic E-state index is 0.0812. The molecular formula is C16H22O2S2. The van der Waals surface area contributed by atoms with E-state index in [1.165, 1.54) is 0 Å². The van der Waals surface area contributed by atoms with Crippen LogP contribution in [0.2, 0.25) is 0 Å². The number of aryl methyl sites for hydroxylation is 2. The van der Waals surface area contributed by atoms with Gasteiger partial charge in [-0.05, 0) is 37.1 Å². The van der Waals surface area contributed by atoms with E-state index in [9.17, 15) is 4.79 Å². The standard InChI is InChI=1S/C16H22O2S2/c1-9-7-14(18-5)10(2)6-13(9)16(17)15-8-19-11(3)12(4)20-15/h6-7,11-12,15H,8H2,1-5H3. The first kappa shape index (κ1) is 15.8. The van der Waals surface area contributed by atoms with Crippen molar-refractivity contribution in [1.82, 2.24) is 0 Å². The average molecular weight is 310 g/mol. The van der Waals surface area contributed by atoms with Crippen molar-refractivity contribution in [3.05, 3.63) is 28.8 Å². The molecule has 1 saturated heterocycles. The molecule has 1 aliphatic rings. The van der Waals surface area contributed by atoms with Crippen molar-refractivity contribution in [2.75, 3.05) is 12.9 Å². The van der Waals surface area contributed by atoms with E-state index in [4.69, 9.17) is 4.74 Å². The molecule has 2 rings (SSSR count). The highest BCUT2D eigenvalue weighted by Gasteiger charge is 2.31. The number of carbonyl (C=O) groups is 1. The maximum Gasteiger partial charge on any atom is 0.176 e. The van der Waals surface area contributed by atoms with Crippen LogP contribution in [0.4, 0.5) is 0 Å². The smallest absolute Gasteiger partial charge is 0.176 e. The van der Waals surface area contributed by atoms with Gasteiger partial charge in [-0.25, -0.2) is 0 Å². The summed E-state index contributed by atoms with van der Waals surface area (Å²) in [5.41, 5.74) is 2.88. The van der Waals surface area contributed by atoms with Gasteiger partial charge in [0.2, 0.25) is 0 Å². The second kappa shape index (κ2) is 6.44. The second-order valence-electron chi connectivity index (χ2n) is 5.37. The Morgan fingerprint density at radius 3 is 2.50 bits per heavy atom. The maximum atomic E-state index is 12.7. The minimum atomic E-state index is 0.0812. The summed E-state index contributed by atoms with van der Waals surface area (Å²) >= 11 is 3.73. The fourth-order valence-electron chi connectivity index (χ4n) is 2.37. The lowest BCUT2D eigenvalue weighted by Gasteiger charge is -2.30. The van der Waals surface area contributed by atoms with Crippen molar-refractivity contribution in [3.8, 4) is 5.75 Å². The van der Waals surface area contributed by atoms with Crippen LogP contribution in [0.5, 0.6) is 5.75 Å². The Balaban J connectivity index is 2.23. The zero-order chi connectivity index (χ0) is 14.9. The van der Waals surface area contributed by atoms with E-state index in [0.29, 0.717) is 10.5 Å². The summed E-state index contributed by atoms with van der Waals surface area (Å²) in [4.78, 5) is 12.7. The molecule has 20 heavy (non-hydrogen) atoms. The monoisotopic (exact) mass is 310 g/mol. The van der Waals surface area contributed by atoms with E-state index in [2.05, 4.69) is 13.8 Å². The molecular weight excluding hydrogens is 288 g/mol. The van der Waals surface area contributed by atoms with Crippen LogP contribution in [-0.4, -0.2) is 34.4 Å². The van der Waals surface area contributed by atoms with Crippen LogP contribution in [0.1, 0.15) is 35.3 Å². The number of thioether (sulfide) groups is 2. The van der Waals surface area contributed by atoms with Crippen LogP contribution in [0.25, 0.3) is 0 Å². The molecule has 0 aromatic heterocycles. The lowest BCUT2D eigenvalue weighted by molar-refractivity contribution is 0.0994. The molecule has 4 heteroatoms. The van der Waals surface area contributed by atoms with E-state index in [1.807, 2.05) is 49.5 Å². The topological polar surface area (TPSA) is 26.3 Å². The van der Waals surface area contributed by atoms with E-state index in [0.717, 1.165) is 28.2 Å². The summed E-state index contributed by atoms with van der Waals surface area (Å²) in [7, 11) is 1.67. The van der Waals surface area contributed by atoms with Gasteiger partial charge in [0.1, 0.15) is 5.75 Å². The summed E-state index contributed by atoms with van der Waals surface area (Å²) < 4.78 is 5.32. The number of Topliss-reactive ketones (excluding diaryl/α,β-unsaturated/α-hetero) is 1. The first-order chi connectivity index (χ1) is 9.43. The second-order valence-corrected chi connectivity index (χ2v) is 8.36. The third-order valence-electron chi connectivity index (χ3n) is 3.85. The third kappa shape index (κ3) is 3.17. The Kier molecular flexibility index (Phi) is 5.08. The van der Waals surface area contributed by atoms with Gasteiger partial charge < -0.3 is 4.74 Å². The molecule has 0 radical (unpaired) electrons. The van der Waals surface area contributed by atoms with Gasteiger partial charge in [-0.15, -0.1) is 11.8 Å². The minimum Gasteiger partial charge on any atom is -0.496 e. The fraction of sp³-hybridized carbons (Fsp3) is 0.562. The van der Waals surface area contributed by atoms with Gasteiger partial charge in [0.15, 0.2) is 5.78 Å². The van der Waals surface area contributed by atoms with Gasteiger partial charge in [0.25, 0.3) is 0 Å². The van der Waals surface area contributed by atoms with Gasteiger partial charge in [0, 0.05) is 21.8 Å². The van der Waals surface area contributed by atoms with Crippen molar-refractivity contribution < 1.29 is 9.53 Å². The lowest BCUT2D eigenvalue weighted by Crippen LogP contribution is -2.32. The summed E-state index contributed by atoms with van der Waals surface area (Å²) in [6.45, 7) is 8.43. The van der Waals surface area contributed by atoms with E-state index in [1.54, 1.807) is 7.11 Å². The molecule has 0 amide bonds. The Morgan fingerprint density at radius 2 is 1.90 bits per heavy atom. The summed E-state index contributed by atoms with van der Waals surface area (Å²) in [5, 5.41) is 1.24.